The van der Waals surface area contributed by atoms with Gasteiger partial charge in [-0.15, -0.1) is 0 Å². The van der Waals surface area contributed by atoms with Gasteiger partial charge in [0.15, 0.2) is 9.84 Å². The number of hydrogen-bond acceptors (Lipinski definition) is 7. The van der Waals surface area contributed by atoms with Gasteiger partial charge in [0.25, 0.3) is 10.1 Å². The van der Waals surface area contributed by atoms with E-state index >= 15 is 0 Å². The Labute approximate surface area is 122 Å². The van der Waals surface area contributed by atoms with Crippen LogP contribution in [-0.2, 0) is 34.5 Å². The van der Waals surface area contributed by atoms with Crippen LogP contribution in [0.1, 0.15) is 5.56 Å². The predicted octanol–water partition coefficient (Wildman–Crippen LogP) is -0.165. The molecule has 0 bridgehead atoms. The van der Waals surface area contributed by atoms with Crippen molar-refractivity contribution in [3.8, 4) is 0 Å². The van der Waals surface area contributed by atoms with Gasteiger partial charge in [-0.05, 0) is 30.7 Å². The fraction of sp³-hybridized carbons (Fsp3) is 0.333. The quantitative estimate of drug-likeness (QED) is 0.659. The van der Waals surface area contributed by atoms with Gasteiger partial charge in [-0.1, -0.05) is 0 Å². The van der Waals surface area contributed by atoms with E-state index in [1.54, 1.807) is 0 Å². The number of hydrogen-bond donors (Lipinski definition) is 2. The van der Waals surface area contributed by atoms with E-state index in [9.17, 15) is 25.3 Å². The molecule has 0 saturated heterocycles. The van der Waals surface area contributed by atoms with E-state index in [2.05, 4.69) is 4.18 Å². The topological polar surface area (TPSA) is 152 Å². The van der Waals surface area contributed by atoms with Crippen molar-refractivity contribution in [3.05, 3.63) is 23.8 Å². The third-order valence-electron chi connectivity index (χ3n) is 2.37. The summed E-state index contributed by atoms with van der Waals surface area (Å²) >= 11 is 0. The van der Waals surface area contributed by atoms with E-state index in [0.29, 0.717) is 0 Å². The first-order chi connectivity index (χ1) is 9.33. The summed E-state index contributed by atoms with van der Waals surface area (Å²) < 4.78 is 87.4. The van der Waals surface area contributed by atoms with Crippen molar-refractivity contribution in [2.24, 2.45) is 0 Å². The van der Waals surface area contributed by atoms with Crippen LogP contribution in [0.5, 0.6) is 0 Å². The Bertz CT molecular complexity index is 834. The molecule has 0 atom stereocenters. The summed E-state index contributed by atoms with van der Waals surface area (Å²) in [4.78, 5) is -0.707. The highest BCUT2D eigenvalue weighted by Gasteiger charge is 2.20. The van der Waals surface area contributed by atoms with Crippen LogP contribution in [0.25, 0.3) is 0 Å². The average Bonchev–Trinajstić information content (AvgIpc) is 2.24. The lowest BCUT2D eigenvalue weighted by molar-refractivity contribution is 0.284. The first kappa shape index (κ1) is 18.0. The molecule has 0 aromatic heterocycles. The number of aryl methyl sites for hydroxylation is 1. The fourth-order valence-electron chi connectivity index (χ4n) is 1.47. The lowest BCUT2D eigenvalue weighted by atomic mass is 10.2. The van der Waals surface area contributed by atoms with Gasteiger partial charge in [0.05, 0.1) is 22.2 Å². The Balaban J connectivity index is 3.03. The van der Waals surface area contributed by atoms with E-state index in [4.69, 9.17) is 9.11 Å². The number of rotatable bonds is 6. The Kier molecular flexibility index (Phi) is 5.13. The van der Waals surface area contributed by atoms with Crippen molar-refractivity contribution in [1.29, 1.82) is 0 Å². The van der Waals surface area contributed by atoms with Gasteiger partial charge in [0.2, 0.25) is 0 Å². The Morgan fingerprint density at radius 2 is 1.62 bits per heavy atom. The molecular formula is C9H12O9S3. The number of benzene rings is 1. The molecule has 1 aromatic carbocycles. The highest BCUT2D eigenvalue weighted by atomic mass is 32.3. The van der Waals surface area contributed by atoms with Crippen molar-refractivity contribution < 1.29 is 38.5 Å². The summed E-state index contributed by atoms with van der Waals surface area (Å²) in [5, 5.41) is 0. The van der Waals surface area contributed by atoms with E-state index in [0.717, 1.165) is 18.2 Å². The Morgan fingerprint density at radius 3 is 2.05 bits per heavy atom. The predicted molar refractivity (Wildman–Crippen MR) is 70.5 cm³/mol. The Hall–Kier alpha value is -1.05. The molecule has 0 spiro atoms. The van der Waals surface area contributed by atoms with Crippen molar-refractivity contribution in [2.45, 2.75) is 16.7 Å². The van der Waals surface area contributed by atoms with Crippen LogP contribution < -0.4 is 0 Å². The molecule has 0 unspecified atom stereocenters. The first-order valence-electron chi connectivity index (χ1n) is 5.26. The van der Waals surface area contributed by atoms with Crippen LogP contribution in [0.15, 0.2) is 28.0 Å². The highest BCUT2D eigenvalue weighted by molar-refractivity contribution is 7.91. The van der Waals surface area contributed by atoms with E-state index in [1.165, 1.54) is 6.92 Å². The average molecular weight is 360 g/mol. The molecule has 0 saturated carbocycles. The lowest BCUT2D eigenvalue weighted by Gasteiger charge is -2.07. The summed E-state index contributed by atoms with van der Waals surface area (Å²) in [5.74, 6) is -0.739. The fourth-order valence-corrected chi connectivity index (χ4v) is 3.75. The van der Waals surface area contributed by atoms with Crippen LogP contribution in [0.3, 0.4) is 0 Å². The van der Waals surface area contributed by atoms with Gasteiger partial charge in [0.1, 0.15) is 0 Å². The van der Waals surface area contributed by atoms with Crippen molar-refractivity contribution in [3.63, 3.8) is 0 Å². The van der Waals surface area contributed by atoms with Gasteiger partial charge in [-0.25, -0.2) is 12.6 Å². The second-order valence-electron chi connectivity index (χ2n) is 3.97. The lowest BCUT2D eigenvalue weighted by Crippen LogP contribution is -2.16. The molecule has 0 amide bonds. The SMILES string of the molecule is Cc1cc(S(=O)(=O)CCOS(=O)(=O)O)ccc1S(=O)(=O)O. The minimum absolute atomic E-state index is 0.00859. The minimum Gasteiger partial charge on any atom is -0.282 e. The number of sulfone groups is 1. The standard InChI is InChI=1S/C9H12O9S3/c1-7-6-8(2-3-9(7)20(12,13)14)19(10,11)5-4-18-21(15,16)17/h2-3,6H,4-5H2,1H3,(H,12,13,14)(H,15,16,17). The maximum atomic E-state index is 11.9. The van der Waals surface area contributed by atoms with Gasteiger partial charge in [-0.3, -0.25) is 9.11 Å². The van der Waals surface area contributed by atoms with Gasteiger partial charge in [-0.2, -0.15) is 16.8 Å². The maximum Gasteiger partial charge on any atom is 0.397 e. The van der Waals surface area contributed by atoms with Crippen molar-refractivity contribution in [2.75, 3.05) is 12.4 Å². The minimum atomic E-state index is -4.74. The van der Waals surface area contributed by atoms with Gasteiger partial charge >= 0.3 is 10.4 Å². The first-order valence-corrected chi connectivity index (χ1v) is 9.71. The molecule has 12 heteroatoms. The molecule has 0 fully saturated rings. The van der Waals surface area contributed by atoms with E-state index < -0.39 is 47.6 Å². The zero-order chi connectivity index (χ0) is 16.5. The maximum absolute atomic E-state index is 11.9. The van der Waals surface area contributed by atoms with E-state index in [1.807, 2.05) is 0 Å². The Morgan fingerprint density at radius 1 is 1.05 bits per heavy atom. The molecule has 120 valence electrons. The largest absolute Gasteiger partial charge is 0.397 e. The summed E-state index contributed by atoms with van der Waals surface area (Å²) in [6.07, 6.45) is 0. The summed E-state index contributed by atoms with van der Waals surface area (Å²) in [6, 6.07) is 2.89. The van der Waals surface area contributed by atoms with Crippen LogP contribution in [0.2, 0.25) is 0 Å². The van der Waals surface area contributed by atoms with Gasteiger partial charge in [0, 0.05) is 0 Å². The molecule has 1 rings (SSSR count). The third-order valence-corrected chi connectivity index (χ3v) is 5.52. The van der Waals surface area contributed by atoms with Crippen LogP contribution in [0.4, 0.5) is 0 Å². The highest BCUT2D eigenvalue weighted by Crippen LogP contribution is 2.20. The summed E-state index contributed by atoms with van der Waals surface area (Å²) in [7, 11) is -13.1. The molecule has 0 aliphatic heterocycles. The van der Waals surface area contributed by atoms with Gasteiger partial charge < -0.3 is 0 Å². The molecule has 9 nitrogen and oxygen atoms in total. The third kappa shape index (κ3) is 5.33. The smallest absolute Gasteiger partial charge is 0.282 e. The van der Waals surface area contributed by atoms with Crippen molar-refractivity contribution in [1.82, 2.24) is 0 Å². The zero-order valence-corrected chi connectivity index (χ0v) is 13.1. The molecule has 1 aromatic rings. The summed E-state index contributed by atoms with van der Waals surface area (Å²) in [5.41, 5.74) is 0.00859. The summed E-state index contributed by atoms with van der Waals surface area (Å²) in [6.45, 7) is 0.497. The molecule has 0 aliphatic carbocycles. The molecule has 0 aliphatic rings. The van der Waals surface area contributed by atoms with Crippen LogP contribution >= 0.6 is 0 Å². The molecule has 0 radical (unpaired) electrons. The van der Waals surface area contributed by atoms with Crippen LogP contribution in [-0.4, -0.2) is 46.7 Å². The van der Waals surface area contributed by atoms with Crippen molar-refractivity contribution >= 4 is 30.4 Å². The van der Waals surface area contributed by atoms with E-state index in [-0.39, 0.29) is 10.5 Å². The molecular weight excluding hydrogens is 348 g/mol. The molecule has 21 heavy (non-hydrogen) atoms. The molecule has 0 heterocycles. The second-order valence-corrected chi connectivity index (χ2v) is 8.56. The monoisotopic (exact) mass is 360 g/mol. The zero-order valence-electron chi connectivity index (χ0n) is 10.6. The van der Waals surface area contributed by atoms with Crippen LogP contribution in [0, 0.1) is 6.92 Å². The second kappa shape index (κ2) is 5.98. The normalized spacial score (nSPS) is 13.3. The molecule has 2 N–H and O–H groups in total.